The average Bonchev–Trinajstić information content (AvgIpc) is 2.88. The summed E-state index contributed by atoms with van der Waals surface area (Å²) >= 11 is 13.2. The van der Waals surface area contributed by atoms with Crippen LogP contribution >= 0.6 is 43.5 Å². The summed E-state index contributed by atoms with van der Waals surface area (Å²) in [6.07, 6.45) is 6.44. The predicted octanol–water partition coefficient (Wildman–Crippen LogP) is 6.77. The fraction of sp³-hybridized carbons (Fsp3) is 0.550. The quantitative estimate of drug-likeness (QED) is 0.441. The van der Waals surface area contributed by atoms with Crippen LogP contribution < -0.4 is 0 Å². The van der Waals surface area contributed by atoms with Gasteiger partial charge in [-0.1, -0.05) is 30.7 Å². The number of halogens is 3. The van der Waals surface area contributed by atoms with Crippen molar-refractivity contribution in [3.05, 3.63) is 38.3 Å². The van der Waals surface area contributed by atoms with E-state index in [1.54, 1.807) is 0 Å². The Balaban J connectivity index is 1.69. The summed E-state index contributed by atoms with van der Waals surface area (Å²) in [5.41, 5.74) is 3.98. The zero-order chi connectivity index (χ0) is 17.1. The lowest BCUT2D eigenvalue weighted by atomic mass is 9.55. The van der Waals surface area contributed by atoms with Gasteiger partial charge in [0.15, 0.2) is 0 Å². The summed E-state index contributed by atoms with van der Waals surface area (Å²) in [4.78, 5) is 12.4. The largest absolute Gasteiger partial charge is 0.299 e. The third kappa shape index (κ3) is 2.57. The van der Waals surface area contributed by atoms with E-state index in [1.165, 1.54) is 17.5 Å². The van der Waals surface area contributed by atoms with Gasteiger partial charge in [-0.25, -0.2) is 0 Å². The molecule has 128 valence electrons. The standard InChI is InChI=1S/C20H21Br2ClO/c1-20-9-8-14-13-4-3-12(18(23)19(21)22)10-11(13)2-5-15(14)16(20)6-7-17(20)24/h3-4,10,14-16H,2,5-9H2,1H3/t14-,15-,16+,20+/m1/s1. The Kier molecular flexibility index (Phi) is 4.50. The summed E-state index contributed by atoms with van der Waals surface area (Å²) in [6, 6.07) is 6.68. The second-order valence-electron chi connectivity index (χ2n) is 7.82. The van der Waals surface area contributed by atoms with Crippen molar-refractivity contribution in [3.63, 3.8) is 0 Å². The van der Waals surface area contributed by atoms with Gasteiger partial charge in [-0.05, 0) is 104 Å². The number of aryl methyl sites for hydroxylation is 1. The predicted molar refractivity (Wildman–Crippen MR) is 107 cm³/mol. The van der Waals surface area contributed by atoms with E-state index >= 15 is 0 Å². The van der Waals surface area contributed by atoms with Crippen molar-refractivity contribution in [2.45, 2.75) is 51.4 Å². The second kappa shape index (κ2) is 6.25. The van der Waals surface area contributed by atoms with E-state index in [4.69, 9.17) is 11.6 Å². The molecule has 0 bridgehead atoms. The molecular formula is C20H21Br2ClO. The molecule has 0 aromatic heterocycles. The molecule has 0 aliphatic heterocycles. The molecule has 4 atom stereocenters. The van der Waals surface area contributed by atoms with Crippen molar-refractivity contribution in [1.82, 2.24) is 0 Å². The molecule has 0 N–H and O–H groups in total. The van der Waals surface area contributed by atoms with Crippen LogP contribution in [0.3, 0.4) is 0 Å². The summed E-state index contributed by atoms with van der Waals surface area (Å²) in [5, 5.41) is 0.720. The Bertz CT molecular complexity index is 737. The monoisotopic (exact) mass is 470 g/mol. The molecule has 0 amide bonds. The van der Waals surface area contributed by atoms with Gasteiger partial charge in [0.2, 0.25) is 0 Å². The fourth-order valence-electron chi connectivity index (χ4n) is 5.60. The van der Waals surface area contributed by atoms with Crippen LogP contribution in [-0.2, 0) is 11.2 Å². The van der Waals surface area contributed by atoms with Crippen molar-refractivity contribution < 1.29 is 4.79 Å². The summed E-state index contributed by atoms with van der Waals surface area (Å²) < 4.78 is 0.795. The number of benzene rings is 1. The van der Waals surface area contributed by atoms with Gasteiger partial charge < -0.3 is 0 Å². The highest BCUT2D eigenvalue weighted by Gasteiger charge is 2.54. The van der Waals surface area contributed by atoms with Crippen LogP contribution in [0.5, 0.6) is 0 Å². The molecule has 4 heteroatoms. The molecule has 24 heavy (non-hydrogen) atoms. The van der Waals surface area contributed by atoms with E-state index in [2.05, 4.69) is 57.0 Å². The molecule has 2 saturated carbocycles. The Hall–Kier alpha value is -0.120. The highest BCUT2D eigenvalue weighted by molar-refractivity contribution is 9.28. The second-order valence-corrected chi connectivity index (χ2v) is 10.8. The molecule has 3 aliphatic rings. The molecule has 0 heterocycles. The van der Waals surface area contributed by atoms with E-state index in [0.717, 1.165) is 46.1 Å². The van der Waals surface area contributed by atoms with Crippen LogP contribution in [0, 0.1) is 17.3 Å². The van der Waals surface area contributed by atoms with E-state index < -0.39 is 0 Å². The molecule has 0 radical (unpaired) electrons. The molecule has 0 spiro atoms. The number of carbonyl (C=O) groups is 1. The van der Waals surface area contributed by atoms with Gasteiger partial charge in [0.1, 0.15) is 5.78 Å². The zero-order valence-corrected chi connectivity index (χ0v) is 17.7. The lowest BCUT2D eigenvalue weighted by Crippen LogP contribution is -2.42. The Morgan fingerprint density at radius 3 is 2.75 bits per heavy atom. The van der Waals surface area contributed by atoms with Crippen LogP contribution in [0.15, 0.2) is 21.6 Å². The van der Waals surface area contributed by atoms with Crippen LogP contribution in [0.25, 0.3) is 5.03 Å². The SMILES string of the molecule is C[C@]12CC[C@@H]3c4ccc(C(Cl)=C(Br)Br)cc4CC[C@H]3[C@@H]1CCC2=O. The van der Waals surface area contributed by atoms with Gasteiger partial charge in [0, 0.05) is 11.8 Å². The Morgan fingerprint density at radius 2 is 2.00 bits per heavy atom. The molecule has 2 fully saturated rings. The number of hydrogen-bond donors (Lipinski definition) is 0. The molecular weight excluding hydrogens is 451 g/mol. The minimum atomic E-state index is -0.0362. The first-order chi connectivity index (χ1) is 11.4. The zero-order valence-electron chi connectivity index (χ0n) is 13.7. The molecule has 4 rings (SSSR count). The average molecular weight is 473 g/mol. The number of ketones is 1. The van der Waals surface area contributed by atoms with Gasteiger partial charge >= 0.3 is 0 Å². The maximum absolute atomic E-state index is 12.4. The maximum Gasteiger partial charge on any atom is 0.139 e. The third-order valence-corrected chi connectivity index (χ3v) is 8.51. The van der Waals surface area contributed by atoms with Crippen LogP contribution in [0.4, 0.5) is 0 Å². The van der Waals surface area contributed by atoms with Crippen molar-refractivity contribution >= 4 is 54.3 Å². The smallest absolute Gasteiger partial charge is 0.139 e. The molecule has 0 unspecified atom stereocenters. The summed E-state index contributed by atoms with van der Waals surface area (Å²) in [5.74, 6) is 2.42. The lowest BCUT2D eigenvalue weighted by Gasteiger charge is -2.48. The van der Waals surface area contributed by atoms with Gasteiger partial charge in [-0.15, -0.1) is 0 Å². The van der Waals surface area contributed by atoms with Crippen LogP contribution in [-0.4, -0.2) is 5.78 Å². The number of rotatable bonds is 1. The van der Waals surface area contributed by atoms with Crippen LogP contribution in [0.2, 0.25) is 0 Å². The van der Waals surface area contributed by atoms with E-state index in [0.29, 0.717) is 23.5 Å². The first kappa shape index (κ1) is 17.3. The fourth-order valence-corrected chi connectivity index (χ4v) is 6.17. The minimum Gasteiger partial charge on any atom is -0.299 e. The minimum absolute atomic E-state index is 0.0362. The normalized spacial score (nSPS) is 34.3. The number of Topliss-reactive ketones (excluding diaryl/α,β-unsaturated/α-hetero) is 1. The summed E-state index contributed by atoms with van der Waals surface area (Å²) in [7, 11) is 0. The highest BCUT2D eigenvalue weighted by atomic mass is 79.9. The maximum atomic E-state index is 12.4. The van der Waals surface area contributed by atoms with Gasteiger partial charge in [-0.3, -0.25) is 4.79 Å². The Morgan fingerprint density at radius 1 is 1.21 bits per heavy atom. The highest BCUT2D eigenvalue weighted by Crippen LogP contribution is 2.59. The van der Waals surface area contributed by atoms with Crippen molar-refractivity contribution in [3.8, 4) is 0 Å². The number of carbonyl (C=O) groups excluding carboxylic acids is 1. The number of hydrogen-bond acceptors (Lipinski definition) is 1. The van der Waals surface area contributed by atoms with Crippen LogP contribution in [0.1, 0.15) is 61.6 Å². The van der Waals surface area contributed by atoms with Crippen molar-refractivity contribution in [2.24, 2.45) is 17.3 Å². The molecule has 1 nitrogen and oxygen atoms in total. The molecule has 3 aliphatic carbocycles. The Labute approximate surface area is 165 Å². The molecule has 1 aromatic carbocycles. The molecule has 0 saturated heterocycles. The topological polar surface area (TPSA) is 17.1 Å². The van der Waals surface area contributed by atoms with Gasteiger partial charge in [0.25, 0.3) is 0 Å². The van der Waals surface area contributed by atoms with E-state index in [9.17, 15) is 4.79 Å². The van der Waals surface area contributed by atoms with E-state index in [-0.39, 0.29) is 5.41 Å². The van der Waals surface area contributed by atoms with Crippen molar-refractivity contribution in [1.29, 1.82) is 0 Å². The number of fused-ring (bicyclic) bond motifs is 5. The first-order valence-corrected chi connectivity index (χ1v) is 10.8. The first-order valence-electron chi connectivity index (χ1n) is 8.79. The third-order valence-electron chi connectivity index (χ3n) is 6.85. The lowest BCUT2D eigenvalue weighted by molar-refractivity contribution is -0.129. The van der Waals surface area contributed by atoms with Gasteiger partial charge in [0.05, 0.1) is 8.42 Å². The van der Waals surface area contributed by atoms with Crippen molar-refractivity contribution in [2.75, 3.05) is 0 Å². The molecule has 1 aromatic rings. The van der Waals surface area contributed by atoms with E-state index in [1.807, 2.05) is 0 Å². The summed E-state index contributed by atoms with van der Waals surface area (Å²) in [6.45, 7) is 2.24. The van der Waals surface area contributed by atoms with Gasteiger partial charge in [-0.2, -0.15) is 0 Å².